The average molecular weight is 330 g/mol. The first-order chi connectivity index (χ1) is 11.0. The van der Waals surface area contributed by atoms with Crippen molar-refractivity contribution in [3.8, 4) is 0 Å². The summed E-state index contributed by atoms with van der Waals surface area (Å²) in [7, 11) is -3.60. The van der Waals surface area contributed by atoms with Crippen LogP contribution in [0.4, 0.5) is 0 Å². The third-order valence-corrected chi connectivity index (χ3v) is 5.79. The molecule has 5 nitrogen and oxygen atoms in total. The van der Waals surface area contributed by atoms with Gasteiger partial charge in [0.05, 0.1) is 4.90 Å². The van der Waals surface area contributed by atoms with E-state index in [-0.39, 0.29) is 10.9 Å². The minimum absolute atomic E-state index is 0.0519. The molecular formula is C17H18N2O3S. The van der Waals surface area contributed by atoms with Gasteiger partial charge in [0.25, 0.3) is 0 Å². The Morgan fingerprint density at radius 2 is 1.65 bits per heavy atom. The van der Waals surface area contributed by atoms with Gasteiger partial charge in [-0.2, -0.15) is 4.31 Å². The smallest absolute Gasteiger partial charge is 0.248 e. The van der Waals surface area contributed by atoms with E-state index >= 15 is 0 Å². The van der Waals surface area contributed by atoms with Crippen LogP contribution in [0.25, 0.3) is 0 Å². The van der Waals surface area contributed by atoms with Crippen molar-refractivity contribution in [3.05, 3.63) is 65.7 Å². The SMILES string of the molecule is NC(=O)c1ccc(S(=O)(=O)N(Cc2ccccc2)C2CC2)cc1. The van der Waals surface area contributed by atoms with Crippen molar-refractivity contribution in [3.63, 3.8) is 0 Å². The Balaban J connectivity index is 1.90. The molecule has 0 spiro atoms. The second kappa shape index (κ2) is 6.14. The highest BCUT2D eigenvalue weighted by Gasteiger charge is 2.38. The van der Waals surface area contributed by atoms with Crippen LogP contribution in [0.1, 0.15) is 28.8 Å². The summed E-state index contributed by atoms with van der Waals surface area (Å²) in [6, 6.07) is 15.4. The van der Waals surface area contributed by atoms with Crippen LogP contribution in [0, 0.1) is 0 Å². The van der Waals surface area contributed by atoms with Crippen LogP contribution in [0.2, 0.25) is 0 Å². The van der Waals surface area contributed by atoms with Gasteiger partial charge in [0, 0.05) is 18.2 Å². The summed E-state index contributed by atoms with van der Waals surface area (Å²) in [5.41, 5.74) is 6.45. The second-order valence-corrected chi connectivity index (χ2v) is 7.55. The maximum atomic E-state index is 12.9. The molecule has 23 heavy (non-hydrogen) atoms. The molecular weight excluding hydrogens is 312 g/mol. The van der Waals surface area contributed by atoms with E-state index in [0.29, 0.717) is 12.1 Å². The van der Waals surface area contributed by atoms with Gasteiger partial charge in [-0.3, -0.25) is 4.79 Å². The molecule has 0 aliphatic heterocycles. The molecule has 120 valence electrons. The topological polar surface area (TPSA) is 80.5 Å². The zero-order chi connectivity index (χ0) is 16.4. The Morgan fingerprint density at radius 3 is 2.17 bits per heavy atom. The molecule has 2 N–H and O–H groups in total. The van der Waals surface area contributed by atoms with Gasteiger partial charge in [0.2, 0.25) is 15.9 Å². The number of benzene rings is 2. The summed E-state index contributed by atoms with van der Waals surface area (Å²) in [5, 5.41) is 0. The first-order valence-electron chi connectivity index (χ1n) is 7.44. The zero-order valence-corrected chi connectivity index (χ0v) is 13.4. The normalized spacial score (nSPS) is 14.8. The maximum Gasteiger partial charge on any atom is 0.248 e. The molecule has 1 aliphatic carbocycles. The number of nitrogens with two attached hydrogens (primary N) is 1. The molecule has 6 heteroatoms. The number of primary amides is 1. The molecule has 1 amide bonds. The summed E-state index contributed by atoms with van der Waals surface area (Å²) < 4.78 is 27.4. The fourth-order valence-electron chi connectivity index (χ4n) is 2.46. The lowest BCUT2D eigenvalue weighted by Gasteiger charge is -2.22. The highest BCUT2D eigenvalue weighted by atomic mass is 32.2. The van der Waals surface area contributed by atoms with Gasteiger partial charge in [0.15, 0.2) is 0 Å². The fraction of sp³-hybridized carbons (Fsp3) is 0.235. The molecule has 0 bridgehead atoms. The van der Waals surface area contributed by atoms with Crippen LogP contribution in [-0.2, 0) is 16.6 Å². The minimum Gasteiger partial charge on any atom is -0.366 e. The minimum atomic E-state index is -3.60. The molecule has 2 aromatic rings. The van der Waals surface area contributed by atoms with Crippen LogP contribution < -0.4 is 5.73 Å². The van der Waals surface area contributed by atoms with Crippen molar-refractivity contribution < 1.29 is 13.2 Å². The second-order valence-electron chi connectivity index (χ2n) is 5.66. The van der Waals surface area contributed by atoms with Crippen molar-refractivity contribution in [2.75, 3.05) is 0 Å². The van der Waals surface area contributed by atoms with Crippen LogP contribution >= 0.6 is 0 Å². The number of hydrogen-bond donors (Lipinski definition) is 1. The highest BCUT2D eigenvalue weighted by Crippen LogP contribution is 2.33. The predicted molar refractivity (Wildman–Crippen MR) is 87.2 cm³/mol. The Morgan fingerprint density at radius 1 is 1.04 bits per heavy atom. The fourth-order valence-corrected chi connectivity index (χ4v) is 4.14. The molecule has 1 fully saturated rings. The van der Waals surface area contributed by atoms with Gasteiger partial charge in [-0.05, 0) is 42.7 Å². The number of carbonyl (C=O) groups is 1. The lowest BCUT2D eigenvalue weighted by molar-refractivity contribution is 0.1000. The molecule has 0 saturated heterocycles. The number of carbonyl (C=O) groups excluding carboxylic acids is 1. The molecule has 1 aliphatic rings. The van der Waals surface area contributed by atoms with Gasteiger partial charge in [-0.25, -0.2) is 8.42 Å². The third-order valence-electron chi connectivity index (χ3n) is 3.88. The van der Waals surface area contributed by atoms with Gasteiger partial charge < -0.3 is 5.73 Å². The Labute approximate surface area is 135 Å². The van der Waals surface area contributed by atoms with Crippen molar-refractivity contribution >= 4 is 15.9 Å². The van der Waals surface area contributed by atoms with E-state index in [1.165, 1.54) is 24.3 Å². The molecule has 1 saturated carbocycles. The van der Waals surface area contributed by atoms with Crippen LogP contribution in [0.3, 0.4) is 0 Å². The number of hydrogen-bond acceptors (Lipinski definition) is 3. The molecule has 0 atom stereocenters. The van der Waals surface area contributed by atoms with E-state index in [1.807, 2.05) is 30.3 Å². The lowest BCUT2D eigenvalue weighted by Crippen LogP contribution is -2.32. The summed E-state index contributed by atoms with van der Waals surface area (Å²) >= 11 is 0. The monoisotopic (exact) mass is 330 g/mol. The molecule has 0 aromatic heterocycles. The Bertz CT molecular complexity index is 797. The largest absolute Gasteiger partial charge is 0.366 e. The van der Waals surface area contributed by atoms with E-state index in [2.05, 4.69) is 0 Å². The number of amides is 1. The Kier molecular flexibility index (Phi) is 4.19. The van der Waals surface area contributed by atoms with Gasteiger partial charge >= 0.3 is 0 Å². The summed E-state index contributed by atoms with van der Waals surface area (Å²) in [4.78, 5) is 11.3. The van der Waals surface area contributed by atoms with Gasteiger partial charge in [0.1, 0.15) is 0 Å². The van der Waals surface area contributed by atoms with Gasteiger partial charge in [-0.1, -0.05) is 30.3 Å². The Hall–Kier alpha value is -2.18. The number of sulfonamides is 1. The molecule has 0 heterocycles. The highest BCUT2D eigenvalue weighted by molar-refractivity contribution is 7.89. The maximum absolute atomic E-state index is 12.9. The van der Waals surface area contributed by atoms with Crippen LogP contribution in [-0.4, -0.2) is 24.7 Å². The van der Waals surface area contributed by atoms with Gasteiger partial charge in [-0.15, -0.1) is 0 Å². The predicted octanol–water partition coefficient (Wildman–Crippen LogP) is 2.14. The summed E-state index contributed by atoms with van der Waals surface area (Å²) in [6.45, 7) is 0.353. The summed E-state index contributed by atoms with van der Waals surface area (Å²) in [5.74, 6) is -0.572. The number of rotatable bonds is 6. The van der Waals surface area contributed by atoms with E-state index in [4.69, 9.17) is 5.73 Å². The molecule has 0 radical (unpaired) electrons. The number of nitrogens with zero attached hydrogens (tertiary/aromatic N) is 1. The quantitative estimate of drug-likeness (QED) is 0.881. The van der Waals surface area contributed by atoms with E-state index in [1.54, 1.807) is 4.31 Å². The molecule has 2 aromatic carbocycles. The standard InChI is InChI=1S/C17H18N2O3S/c18-17(20)14-6-10-16(11-7-14)23(21,22)19(15-8-9-15)12-13-4-2-1-3-5-13/h1-7,10-11,15H,8-9,12H2,(H2,18,20). The average Bonchev–Trinajstić information content (AvgIpc) is 3.38. The summed E-state index contributed by atoms with van der Waals surface area (Å²) in [6.07, 6.45) is 1.76. The lowest BCUT2D eigenvalue weighted by atomic mass is 10.2. The van der Waals surface area contributed by atoms with Crippen molar-refractivity contribution in [1.29, 1.82) is 0 Å². The van der Waals surface area contributed by atoms with Crippen molar-refractivity contribution in [1.82, 2.24) is 4.31 Å². The van der Waals surface area contributed by atoms with E-state index < -0.39 is 15.9 Å². The zero-order valence-electron chi connectivity index (χ0n) is 12.6. The van der Waals surface area contributed by atoms with E-state index in [9.17, 15) is 13.2 Å². The van der Waals surface area contributed by atoms with Crippen molar-refractivity contribution in [2.45, 2.75) is 30.3 Å². The van der Waals surface area contributed by atoms with E-state index in [0.717, 1.165) is 18.4 Å². The molecule has 0 unspecified atom stereocenters. The third kappa shape index (κ3) is 3.43. The molecule has 3 rings (SSSR count). The van der Waals surface area contributed by atoms with Crippen LogP contribution in [0.5, 0.6) is 0 Å². The first kappa shape index (κ1) is 15.7. The van der Waals surface area contributed by atoms with Crippen molar-refractivity contribution in [2.24, 2.45) is 5.73 Å². The van der Waals surface area contributed by atoms with Crippen LogP contribution in [0.15, 0.2) is 59.5 Å². The first-order valence-corrected chi connectivity index (χ1v) is 8.88.